The maximum absolute atomic E-state index is 12.9. The fourth-order valence-corrected chi connectivity index (χ4v) is 1.99. The molecule has 0 aliphatic carbocycles. The topological polar surface area (TPSA) is 37.0 Å². The molecule has 21 heavy (non-hydrogen) atoms. The summed E-state index contributed by atoms with van der Waals surface area (Å²) in [5.74, 6) is 0. The molecule has 0 aliphatic heterocycles. The van der Waals surface area contributed by atoms with Crippen LogP contribution in [0.1, 0.15) is 18.1 Å². The number of anilines is 2. The lowest BCUT2D eigenvalue weighted by Crippen LogP contribution is -2.11. The Hall–Kier alpha value is -2.24. The SMILES string of the molecule is CCNc1cncc(NCc2ccccc2C(F)(F)F)c1. The highest BCUT2D eigenvalue weighted by atomic mass is 19.4. The number of halogens is 3. The third kappa shape index (κ3) is 4.11. The van der Waals surface area contributed by atoms with Gasteiger partial charge in [-0.15, -0.1) is 0 Å². The quantitative estimate of drug-likeness (QED) is 0.870. The highest BCUT2D eigenvalue weighted by Crippen LogP contribution is 2.32. The number of pyridine rings is 1. The average Bonchev–Trinajstić information content (AvgIpc) is 2.45. The molecule has 2 rings (SSSR count). The first-order chi connectivity index (χ1) is 10.0. The van der Waals surface area contributed by atoms with Crippen LogP contribution in [0.15, 0.2) is 42.7 Å². The summed E-state index contributed by atoms with van der Waals surface area (Å²) in [5, 5.41) is 6.07. The van der Waals surface area contributed by atoms with Gasteiger partial charge in [0.15, 0.2) is 0 Å². The zero-order chi connectivity index (χ0) is 15.3. The van der Waals surface area contributed by atoms with Crippen LogP contribution >= 0.6 is 0 Å². The second-order valence-corrected chi connectivity index (χ2v) is 4.50. The van der Waals surface area contributed by atoms with E-state index >= 15 is 0 Å². The van der Waals surface area contributed by atoms with Crippen LogP contribution in [0.2, 0.25) is 0 Å². The van der Waals surface area contributed by atoms with E-state index in [4.69, 9.17) is 0 Å². The van der Waals surface area contributed by atoms with Crippen LogP contribution in [0, 0.1) is 0 Å². The van der Waals surface area contributed by atoms with Gasteiger partial charge in [0.2, 0.25) is 0 Å². The molecule has 3 nitrogen and oxygen atoms in total. The Morgan fingerprint density at radius 3 is 2.38 bits per heavy atom. The van der Waals surface area contributed by atoms with E-state index in [1.807, 2.05) is 13.0 Å². The van der Waals surface area contributed by atoms with E-state index < -0.39 is 11.7 Å². The Morgan fingerprint density at radius 2 is 1.71 bits per heavy atom. The highest BCUT2D eigenvalue weighted by molar-refractivity contribution is 5.54. The Balaban J connectivity index is 2.12. The first-order valence-electron chi connectivity index (χ1n) is 6.58. The van der Waals surface area contributed by atoms with Gasteiger partial charge in [0.1, 0.15) is 0 Å². The van der Waals surface area contributed by atoms with Crippen LogP contribution in [-0.2, 0) is 12.7 Å². The molecule has 2 aromatic rings. The molecule has 0 atom stereocenters. The van der Waals surface area contributed by atoms with E-state index in [0.29, 0.717) is 5.69 Å². The Kier molecular flexibility index (Phi) is 4.67. The molecular formula is C15H16F3N3. The first kappa shape index (κ1) is 15.2. The fraction of sp³-hybridized carbons (Fsp3) is 0.267. The zero-order valence-corrected chi connectivity index (χ0v) is 11.5. The van der Waals surface area contributed by atoms with Crippen molar-refractivity contribution in [2.24, 2.45) is 0 Å². The zero-order valence-electron chi connectivity index (χ0n) is 11.5. The van der Waals surface area contributed by atoms with Gasteiger partial charge in [0.25, 0.3) is 0 Å². The van der Waals surface area contributed by atoms with Crippen molar-refractivity contribution in [3.05, 3.63) is 53.9 Å². The van der Waals surface area contributed by atoms with E-state index in [9.17, 15) is 13.2 Å². The molecule has 0 spiro atoms. The lowest BCUT2D eigenvalue weighted by molar-refractivity contribution is -0.138. The number of nitrogens with zero attached hydrogens (tertiary/aromatic N) is 1. The molecule has 1 heterocycles. The molecule has 0 fully saturated rings. The van der Waals surface area contributed by atoms with Crippen molar-refractivity contribution in [1.29, 1.82) is 0 Å². The minimum Gasteiger partial charge on any atom is -0.384 e. The number of aromatic nitrogens is 1. The summed E-state index contributed by atoms with van der Waals surface area (Å²) in [5.41, 5.74) is 1.09. The van der Waals surface area contributed by atoms with Gasteiger partial charge in [0, 0.05) is 13.1 Å². The van der Waals surface area contributed by atoms with Crippen molar-refractivity contribution < 1.29 is 13.2 Å². The Morgan fingerprint density at radius 1 is 1.05 bits per heavy atom. The van der Waals surface area contributed by atoms with Gasteiger partial charge < -0.3 is 10.6 Å². The largest absolute Gasteiger partial charge is 0.416 e. The minimum absolute atomic E-state index is 0.0902. The number of benzene rings is 1. The number of alkyl halides is 3. The normalized spacial score (nSPS) is 11.2. The van der Waals surface area contributed by atoms with E-state index in [1.54, 1.807) is 18.5 Å². The van der Waals surface area contributed by atoms with Crippen molar-refractivity contribution >= 4 is 11.4 Å². The third-order valence-corrected chi connectivity index (χ3v) is 2.92. The third-order valence-electron chi connectivity index (χ3n) is 2.92. The smallest absolute Gasteiger partial charge is 0.384 e. The lowest BCUT2D eigenvalue weighted by Gasteiger charge is -2.14. The molecule has 0 amide bonds. The van der Waals surface area contributed by atoms with Crippen LogP contribution in [0.3, 0.4) is 0 Å². The highest BCUT2D eigenvalue weighted by Gasteiger charge is 2.32. The molecule has 1 aromatic carbocycles. The molecule has 0 saturated heterocycles. The standard InChI is InChI=1S/C15H16F3N3/c1-2-20-12-7-13(10-19-9-12)21-8-11-5-3-4-6-14(11)15(16,17)18/h3-7,9-10,20-21H,2,8H2,1H3. The summed E-state index contributed by atoms with van der Waals surface area (Å²) in [7, 11) is 0. The van der Waals surface area contributed by atoms with Gasteiger partial charge in [-0.3, -0.25) is 4.98 Å². The van der Waals surface area contributed by atoms with Gasteiger partial charge in [-0.2, -0.15) is 13.2 Å². The second kappa shape index (κ2) is 6.47. The van der Waals surface area contributed by atoms with Gasteiger partial charge in [-0.1, -0.05) is 18.2 Å². The average molecular weight is 295 g/mol. The van der Waals surface area contributed by atoms with Crippen molar-refractivity contribution in [2.75, 3.05) is 17.2 Å². The summed E-state index contributed by atoms with van der Waals surface area (Å²) in [6, 6.07) is 7.35. The summed E-state index contributed by atoms with van der Waals surface area (Å²) in [4.78, 5) is 4.04. The molecule has 2 N–H and O–H groups in total. The number of hydrogen-bond acceptors (Lipinski definition) is 3. The van der Waals surface area contributed by atoms with Crippen LogP contribution < -0.4 is 10.6 Å². The summed E-state index contributed by atoms with van der Waals surface area (Å²) in [6.07, 6.45) is -1.10. The lowest BCUT2D eigenvalue weighted by atomic mass is 10.1. The second-order valence-electron chi connectivity index (χ2n) is 4.50. The van der Waals surface area contributed by atoms with E-state index in [2.05, 4.69) is 15.6 Å². The Bertz CT molecular complexity index is 597. The van der Waals surface area contributed by atoms with E-state index in [1.165, 1.54) is 12.1 Å². The molecule has 0 saturated carbocycles. The van der Waals surface area contributed by atoms with Crippen LogP contribution in [-0.4, -0.2) is 11.5 Å². The summed E-state index contributed by atoms with van der Waals surface area (Å²) < 4.78 is 38.7. The summed E-state index contributed by atoms with van der Waals surface area (Å²) >= 11 is 0. The monoisotopic (exact) mass is 295 g/mol. The van der Waals surface area contributed by atoms with Gasteiger partial charge >= 0.3 is 6.18 Å². The molecule has 1 aromatic heterocycles. The molecular weight excluding hydrogens is 279 g/mol. The molecule has 0 aliphatic rings. The number of hydrogen-bond donors (Lipinski definition) is 2. The fourth-order valence-electron chi connectivity index (χ4n) is 1.99. The van der Waals surface area contributed by atoms with E-state index in [-0.39, 0.29) is 12.1 Å². The summed E-state index contributed by atoms with van der Waals surface area (Å²) in [6.45, 7) is 2.80. The van der Waals surface area contributed by atoms with Crippen LogP contribution in [0.4, 0.5) is 24.5 Å². The van der Waals surface area contributed by atoms with Crippen molar-refractivity contribution in [1.82, 2.24) is 4.98 Å². The van der Waals surface area contributed by atoms with Crippen LogP contribution in [0.25, 0.3) is 0 Å². The van der Waals surface area contributed by atoms with E-state index in [0.717, 1.165) is 18.3 Å². The number of rotatable bonds is 5. The maximum Gasteiger partial charge on any atom is 0.416 e. The molecule has 112 valence electrons. The minimum atomic E-state index is -4.35. The molecule has 0 unspecified atom stereocenters. The molecule has 6 heteroatoms. The van der Waals surface area contributed by atoms with Gasteiger partial charge in [-0.25, -0.2) is 0 Å². The first-order valence-corrected chi connectivity index (χ1v) is 6.58. The van der Waals surface area contributed by atoms with Crippen molar-refractivity contribution in [2.45, 2.75) is 19.6 Å². The Labute approximate surface area is 121 Å². The predicted molar refractivity (Wildman–Crippen MR) is 77.2 cm³/mol. The van der Waals surface area contributed by atoms with Gasteiger partial charge in [0.05, 0.1) is 29.3 Å². The van der Waals surface area contributed by atoms with Gasteiger partial charge in [-0.05, 0) is 24.6 Å². The number of nitrogens with one attached hydrogen (secondary N) is 2. The van der Waals surface area contributed by atoms with Crippen molar-refractivity contribution in [3.63, 3.8) is 0 Å². The predicted octanol–water partition coefficient (Wildman–Crippen LogP) is 4.14. The maximum atomic E-state index is 12.9. The molecule has 0 radical (unpaired) electrons. The van der Waals surface area contributed by atoms with Crippen molar-refractivity contribution in [3.8, 4) is 0 Å². The molecule has 0 bridgehead atoms. The van der Waals surface area contributed by atoms with Crippen LogP contribution in [0.5, 0.6) is 0 Å².